The second-order valence-corrected chi connectivity index (χ2v) is 7.27. The minimum atomic E-state index is 0.112. The van der Waals surface area contributed by atoms with Gasteiger partial charge in [-0.05, 0) is 43.9 Å². The van der Waals surface area contributed by atoms with Crippen LogP contribution in [0.25, 0.3) is 0 Å². The molecule has 1 saturated heterocycles. The Morgan fingerprint density at radius 2 is 1.72 bits per heavy atom. The Bertz CT molecular complexity index is 659. The summed E-state index contributed by atoms with van der Waals surface area (Å²) < 4.78 is 5.47. The second kappa shape index (κ2) is 7.46. The summed E-state index contributed by atoms with van der Waals surface area (Å²) in [4.78, 5) is 28.8. The lowest BCUT2D eigenvalue weighted by Gasteiger charge is -2.38. The highest BCUT2D eigenvalue weighted by Gasteiger charge is 2.32. The highest BCUT2D eigenvalue weighted by Crippen LogP contribution is 2.29. The van der Waals surface area contributed by atoms with Crippen LogP contribution >= 0.6 is 0 Å². The predicted octanol–water partition coefficient (Wildman–Crippen LogP) is 2.33. The third-order valence-electron chi connectivity index (χ3n) is 5.52. The minimum Gasteiger partial charge on any atom is -0.496 e. The Morgan fingerprint density at radius 3 is 2.28 bits per heavy atom. The zero-order valence-corrected chi connectivity index (χ0v) is 15.5. The number of hydrogen-bond acceptors (Lipinski definition) is 3. The third-order valence-corrected chi connectivity index (χ3v) is 5.52. The van der Waals surface area contributed by atoms with Gasteiger partial charge in [-0.15, -0.1) is 0 Å². The molecule has 2 aliphatic rings. The zero-order chi connectivity index (χ0) is 18.0. The molecule has 1 aromatic rings. The SMILES string of the molecule is COc1cc(C)cc(C)c1CC(=O)N1CCN(C(=O)C2CCC2)CC1. The number of carbonyl (C=O) groups is 2. The first-order valence-electron chi connectivity index (χ1n) is 9.20. The van der Waals surface area contributed by atoms with Gasteiger partial charge in [0.1, 0.15) is 5.75 Å². The van der Waals surface area contributed by atoms with E-state index in [1.165, 1.54) is 6.42 Å². The molecule has 0 spiro atoms. The van der Waals surface area contributed by atoms with Crippen molar-refractivity contribution in [3.8, 4) is 5.75 Å². The van der Waals surface area contributed by atoms with Crippen LogP contribution in [0, 0.1) is 19.8 Å². The number of methoxy groups -OCH3 is 1. The van der Waals surface area contributed by atoms with Crippen LogP contribution in [0.2, 0.25) is 0 Å². The van der Waals surface area contributed by atoms with Crippen molar-refractivity contribution in [2.24, 2.45) is 5.92 Å². The fourth-order valence-electron chi connectivity index (χ4n) is 3.72. The van der Waals surface area contributed by atoms with Gasteiger partial charge >= 0.3 is 0 Å². The lowest BCUT2D eigenvalue weighted by molar-refractivity contribution is -0.143. The third kappa shape index (κ3) is 3.80. The molecule has 1 aromatic carbocycles. The first-order chi connectivity index (χ1) is 12.0. The van der Waals surface area contributed by atoms with Crippen LogP contribution in [0.15, 0.2) is 12.1 Å². The van der Waals surface area contributed by atoms with Crippen molar-refractivity contribution in [3.05, 3.63) is 28.8 Å². The molecule has 1 heterocycles. The molecule has 0 bridgehead atoms. The molecule has 3 rings (SSSR count). The Hall–Kier alpha value is -2.04. The molecule has 0 unspecified atom stereocenters. The Kier molecular flexibility index (Phi) is 5.30. The van der Waals surface area contributed by atoms with E-state index in [1.54, 1.807) is 7.11 Å². The number of benzene rings is 1. The van der Waals surface area contributed by atoms with Crippen molar-refractivity contribution in [1.82, 2.24) is 9.80 Å². The topological polar surface area (TPSA) is 49.9 Å². The zero-order valence-electron chi connectivity index (χ0n) is 15.5. The smallest absolute Gasteiger partial charge is 0.227 e. The van der Waals surface area contributed by atoms with Crippen LogP contribution in [0.3, 0.4) is 0 Å². The van der Waals surface area contributed by atoms with Crippen LogP contribution in [0.4, 0.5) is 0 Å². The van der Waals surface area contributed by atoms with Crippen LogP contribution in [-0.4, -0.2) is 54.9 Å². The van der Waals surface area contributed by atoms with Gasteiger partial charge in [-0.1, -0.05) is 12.5 Å². The molecule has 5 nitrogen and oxygen atoms in total. The Balaban J connectivity index is 1.59. The van der Waals surface area contributed by atoms with Gasteiger partial charge in [0.05, 0.1) is 13.5 Å². The maximum atomic E-state index is 12.7. The standard InChI is InChI=1S/C20H28N2O3/c1-14-11-15(2)17(18(12-14)25-3)13-19(23)21-7-9-22(10-8-21)20(24)16-5-4-6-16/h11-12,16H,4-10,13H2,1-3H3. The lowest BCUT2D eigenvalue weighted by Crippen LogP contribution is -2.52. The fourth-order valence-corrected chi connectivity index (χ4v) is 3.72. The van der Waals surface area contributed by atoms with Gasteiger partial charge in [-0.25, -0.2) is 0 Å². The summed E-state index contributed by atoms with van der Waals surface area (Å²) in [5.74, 6) is 1.42. The van der Waals surface area contributed by atoms with E-state index in [-0.39, 0.29) is 17.7 Å². The van der Waals surface area contributed by atoms with Crippen molar-refractivity contribution in [1.29, 1.82) is 0 Å². The largest absolute Gasteiger partial charge is 0.496 e. The summed E-state index contributed by atoms with van der Waals surface area (Å²) in [7, 11) is 1.65. The molecule has 0 aromatic heterocycles. The molecule has 1 aliphatic carbocycles. The molecule has 136 valence electrons. The molecule has 1 aliphatic heterocycles. The van der Waals surface area contributed by atoms with Gasteiger partial charge in [0.25, 0.3) is 0 Å². The van der Waals surface area contributed by atoms with Crippen LogP contribution in [-0.2, 0) is 16.0 Å². The van der Waals surface area contributed by atoms with Gasteiger partial charge in [0, 0.05) is 37.7 Å². The van der Waals surface area contributed by atoms with E-state index in [2.05, 4.69) is 6.07 Å². The Morgan fingerprint density at radius 1 is 1.08 bits per heavy atom. The van der Waals surface area contributed by atoms with E-state index in [9.17, 15) is 9.59 Å². The molecule has 1 saturated carbocycles. The normalized spacial score (nSPS) is 18.0. The summed E-state index contributed by atoms with van der Waals surface area (Å²) in [6.45, 7) is 6.62. The molecular weight excluding hydrogens is 316 g/mol. The monoisotopic (exact) mass is 344 g/mol. The lowest BCUT2D eigenvalue weighted by atomic mass is 9.84. The molecule has 2 amide bonds. The maximum absolute atomic E-state index is 12.7. The number of amides is 2. The number of aryl methyl sites for hydroxylation is 2. The summed E-state index contributed by atoms with van der Waals surface area (Å²) >= 11 is 0. The van der Waals surface area contributed by atoms with Gasteiger partial charge in [0.2, 0.25) is 11.8 Å². The first kappa shape index (κ1) is 17.8. The summed E-state index contributed by atoms with van der Waals surface area (Å²) in [5, 5.41) is 0. The average molecular weight is 344 g/mol. The number of rotatable bonds is 4. The van der Waals surface area contributed by atoms with E-state index in [0.717, 1.165) is 35.3 Å². The molecule has 2 fully saturated rings. The number of piperazine rings is 1. The molecule has 0 N–H and O–H groups in total. The van der Waals surface area contributed by atoms with Gasteiger partial charge in [0.15, 0.2) is 0 Å². The van der Waals surface area contributed by atoms with E-state index in [4.69, 9.17) is 4.74 Å². The van der Waals surface area contributed by atoms with E-state index in [1.807, 2.05) is 29.7 Å². The highest BCUT2D eigenvalue weighted by molar-refractivity contribution is 5.82. The van der Waals surface area contributed by atoms with Gasteiger partial charge in [-0.2, -0.15) is 0 Å². The van der Waals surface area contributed by atoms with E-state index >= 15 is 0 Å². The van der Waals surface area contributed by atoms with Crippen molar-refractivity contribution in [2.75, 3.05) is 33.3 Å². The van der Waals surface area contributed by atoms with E-state index < -0.39 is 0 Å². The van der Waals surface area contributed by atoms with Crippen molar-refractivity contribution < 1.29 is 14.3 Å². The number of hydrogen-bond donors (Lipinski definition) is 0. The molecule has 0 atom stereocenters. The number of carbonyl (C=O) groups excluding carboxylic acids is 2. The van der Waals surface area contributed by atoms with Crippen LogP contribution < -0.4 is 4.74 Å². The average Bonchev–Trinajstić information content (AvgIpc) is 2.55. The molecular formula is C20H28N2O3. The van der Waals surface area contributed by atoms with Crippen molar-refractivity contribution >= 4 is 11.8 Å². The fraction of sp³-hybridized carbons (Fsp3) is 0.600. The predicted molar refractivity (Wildman–Crippen MR) is 96.7 cm³/mol. The Labute approximate surface area is 149 Å². The molecule has 5 heteroatoms. The van der Waals surface area contributed by atoms with Gasteiger partial charge in [-0.3, -0.25) is 9.59 Å². The second-order valence-electron chi connectivity index (χ2n) is 7.27. The number of ether oxygens (including phenoxy) is 1. The number of nitrogens with zero attached hydrogens (tertiary/aromatic N) is 2. The van der Waals surface area contributed by atoms with Crippen LogP contribution in [0.5, 0.6) is 5.75 Å². The van der Waals surface area contributed by atoms with Gasteiger partial charge < -0.3 is 14.5 Å². The first-order valence-corrected chi connectivity index (χ1v) is 9.20. The highest BCUT2D eigenvalue weighted by atomic mass is 16.5. The molecule has 25 heavy (non-hydrogen) atoms. The van der Waals surface area contributed by atoms with Crippen LogP contribution in [0.1, 0.15) is 36.0 Å². The van der Waals surface area contributed by atoms with Crippen molar-refractivity contribution in [3.63, 3.8) is 0 Å². The summed E-state index contributed by atoms with van der Waals surface area (Å²) in [5.41, 5.74) is 3.18. The quantitative estimate of drug-likeness (QED) is 0.842. The molecule has 0 radical (unpaired) electrons. The maximum Gasteiger partial charge on any atom is 0.227 e. The van der Waals surface area contributed by atoms with E-state index in [0.29, 0.717) is 32.6 Å². The summed E-state index contributed by atoms with van der Waals surface area (Å²) in [6.07, 6.45) is 3.59. The minimum absolute atomic E-state index is 0.112. The van der Waals surface area contributed by atoms with Crippen molar-refractivity contribution in [2.45, 2.75) is 39.5 Å². The summed E-state index contributed by atoms with van der Waals surface area (Å²) in [6, 6.07) is 4.06.